The van der Waals surface area contributed by atoms with E-state index in [0.29, 0.717) is 11.4 Å². The summed E-state index contributed by atoms with van der Waals surface area (Å²) in [6.07, 6.45) is 2.06. The molecule has 3 nitrogen and oxygen atoms in total. The lowest BCUT2D eigenvalue weighted by Crippen LogP contribution is -2.28. The van der Waals surface area contributed by atoms with Crippen LogP contribution in [0.1, 0.15) is 24.2 Å². The van der Waals surface area contributed by atoms with Crippen molar-refractivity contribution in [1.82, 2.24) is 10.3 Å². The minimum absolute atomic E-state index is 0.0273. The van der Waals surface area contributed by atoms with Crippen molar-refractivity contribution in [1.29, 1.82) is 0 Å². The van der Waals surface area contributed by atoms with E-state index < -0.39 is 0 Å². The number of hydrogen-bond acceptors (Lipinski definition) is 2. The van der Waals surface area contributed by atoms with Crippen molar-refractivity contribution in [2.24, 2.45) is 0 Å². The number of rotatable bonds is 4. The summed E-state index contributed by atoms with van der Waals surface area (Å²) >= 11 is 5.80. The van der Waals surface area contributed by atoms with Crippen LogP contribution < -0.4 is 5.32 Å². The lowest BCUT2D eigenvalue weighted by Gasteiger charge is -2.13. The normalized spacial score (nSPS) is 11.9. The van der Waals surface area contributed by atoms with Crippen LogP contribution >= 0.6 is 11.6 Å². The molecule has 1 heterocycles. The zero-order chi connectivity index (χ0) is 13.7. The number of hydrogen-bond donors (Lipinski definition) is 1. The number of amides is 1. The highest BCUT2D eigenvalue weighted by molar-refractivity contribution is 6.30. The van der Waals surface area contributed by atoms with E-state index in [0.717, 1.165) is 11.3 Å². The van der Waals surface area contributed by atoms with Crippen LogP contribution in [0, 0.1) is 0 Å². The van der Waals surface area contributed by atoms with E-state index in [1.807, 2.05) is 37.3 Å². The van der Waals surface area contributed by atoms with Gasteiger partial charge in [-0.1, -0.05) is 29.8 Å². The largest absolute Gasteiger partial charge is 0.348 e. The van der Waals surface area contributed by atoms with Crippen LogP contribution in [0.25, 0.3) is 0 Å². The molecule has 1 amide bonds. The van der Waals surface area contributed by atoms with E-state index in [1.54, 1.807) is 18.3 Å². The maximum Gasteiger partial charge on any atom is 0.224 e. The van der Waals surface area contributed by atoms with Crippen molar-refractivity contribution in [2.45, 2.75) is 19.4 Å². The van der Waals surface area contributed by atoms with Gasteiger partial charge in [0.05, 0.1) is 18.2 Å². The van der Waals surface area contributed by atoms with Crippen molar-refractivity contribution in [3.8, 4) is 0 Å². The van der Waals surface area contributed by atoms with Gasteiger partial charge < -0.3 is 5.32 Å². The molecule has 1 aromatic carbocycles. The van der Waals surface area contributed by atoms with Gasteiger partial charge in [0.25, 0.3) is 0 Å². The van der Waals surface area contributed by atoms with E-state index in [-0.39, 0.29) is 11.9 Å². The molecule has 98 valence electrons. The minimum atomic E-state index is -0.0963. The maximum atomic E-state index is 11.9. The van der Waals surface area contributed by atoms with E-state index >= 15 is 0 Å². The molecular weight excluding hydrogens is 260 g/mol. The number of carbonyl (C=O) groups is 1. The molecule has 1 atom stereocenters. The lowest BCUT2D eigenvalue weighted by molar-refractivity contribution is -0.121. The molecule has 1 N–H and O–H groups in total. The first kappa shape index (κ1) is 13.6. The third kappa shape index (κ3) is 4.07. The van der Waals surface area contributed by atoms with Crippen LogP contribution in [0.5, 0.6) is 0 Å². The highest BCUT2D eigenvalue weighted by Crippen LogP contribution is 2.11. The van der Waals surface area contributed by atoms with E-state index in [1.165, 1.54) is 0 Å². The van der Waals surface area contributed by atoms with Gasteiger partial charge in [0.2, 0.25) is 5.91 Å². The summed E-state index contributed by atoms with van der Waals surface area (Å²) in [5, 5.41) is 3.60. The molecule has 2 aromatic rings. The van der Waals surface area contributed by atoms with Gasteiger partial charge in [-0.2, -0.15) is 0 Å². The Hall–Kier alpha value is -1.87. The number of benzene rings is 1. The quantitative estimate of drug-likeness (QED) is 0.931. The van der Waals surface area contributed by atoms with Gasteiger partial charge in [0, 0.05) is 11.2 Å². The predicted octanol–water partition coefficient (Wildman–Crippen LogP) is 3.15. The van der Waals surface area contributed by atoms with E-state index in [9.17, 15) is 4.79 Å². The highest BCUT2D eigenvalue weighted by atomic mass is 35.5. The number of aromatic nitrogens is 1. The molecule has 1 aromatic heterocycles. The van der Waals surface area contributed by atoms with Gasteiger partial charge >= 0.3 is 0 Å². The van der Waals surface area contributed by atoms with Crippen LogP contribution in [-0.4, -0.2) is 10.9 Å². The molecule has 0 bridgehead atoms. The van der Waals surface area contributed by atoms with Crippen LogP contribution in [0.3, 0.4) is 0 Å². The molecule has 0 aliphatic heterocycles. The van der Waals surface area contributed by atoms with Gasteiger partial charge in [-0.15, -0.1) is 0 Å². The van der Waals surface area contributed by atoms with E-state index in [2.05, 4.69) is 10.3 Å². The lowest BCUT2D eigenvalue weighted by atomic mass is 10.1. The molecule has 0 spiro atoms. The second-order valence-electron chi connectivity index (χ2n) is 4.35. The fourth-order valence-corrected chi connectivity index (χ4v) is 1.91. The SMILES string of the molecule is C[C@H](NC(=O)Cc1ccc(Cl)cc1)c1ccccn1. The van der Waals surface area contributed by atoms with Gasteiger partial charge in [-0.3, -0.25) is 9.78 Å². The van der Waals surface area contributed by atoms with Gasteiger partial charge in [0.1, 0.15) is 0 Å². The van der Waals surface area contributed by atoms with Crippen LogP contribution in [0.15, 0.2) is 48.7 Å². The first-order valence-electron chi connectivity index (χ1n) is 6.10. The molecule has 0 aliphatic rings. The summed E-state index contributed by atoms with van der Waals surface area (Å²) in [5.41, 5.74) is 1.79. The predicted molar refractivity (Wildman–Crippen MR) is 76.0 cm³/mol. The van der Waals surface area contributed by atoms with Crippen molar-refractivity contribution < 1.29 is 4.79 Å². The summed E-state index contributed by atoms with van der Waals surface area (Å²) < 4.78 is 0. The number of halogens is 1. The monoisotopic (exact) mass is 274 g/mol. The van der Waals surface area contributed by atoms with Crippen molar-refractivity contribution in [3.63, 3.8) is 0 Å². The summed E-state index contributed by atoms with van der Waals surface area (Å²) in [5.74, 6) is -0.0273. The smallest absolute Gasteiger partial charge is 0.224 e. The third-order valence-corrected chi connectivity index (χ3v) is 3.04. The number of nitrogens with one attached hydrogen (secondary N) is 1. The fraction of sp³-hybridized carbons (Fsp3) is 0.200. The second-order valence-corrected chi connectivity index (χ2v) is 4.78. The molecule has 19 heavy (non-hydrogen) atoms. The van der Waals surface area contributed by atoms with Crippen LogP contribution in [0.4, 0.5) is 0 Å². The number of nitrogens with zero attached hydrogens (tertiary/aromatic N) is 1. The van der Waals surface area contributed by atoms with Crippen molar-refractivity contribution in [2.75, 3.05) is 0 Å². The minimum Gasteiger partial charge on any atom is -0.348 e. The Balaban J connectivity index is 1.93. The number of carbonyl (C=O) groups excluding carboxylic acids is 1. The fourth-order valence-electron chi connectivity index (χ4n) is 1.79. The number of pyridine rings is 1. The van der Waals surface area contributed by atoms with Gasteiger partial charge in [-0.05, 0) is 36.8 Å². The zero-order valence-electron chi connectivity index (χ0n) is 10.6. The Bertz CT molecular complexity index is 540. The summed E-state index contributed by atoms with van der Waals surface area (Å²) in [6.45, 7) is 1.92. The maximum absolute atomic E-state index is 11.9. The summed E-state index contributed by atoms with van der Waals surface area (Å²) in [7, 11) is 0. The highest BCUT2D eigenvalue weighted by Gasteiger charge is 2.10. The Labute approximate surface area is 117 Å². The molecular formula is C15H15ClN2O. The van der Waals surface area contributed by atoms with Crippen LogP contribution in [-0.2, 0) is 11.2 Å². The van der Waals surface area contributed by atoms with E-state index in [4.69, 9.17) is 11.6 Å². The standard InChI is InChI=1S/C15H15ClN2O/c1-11(14-4-2-3-9-17-14)18-15(19)10-12-5-7-13(16)8-6-12/h2-9,11H,10H2,1H3,(H,18,19)/t11-/m0/s1. The molecule has 4 heteroatoms. The molecule has 0 unspecified atom stereocenters. The Morgan fingerprint density at radius 2 is 2.00 bits per heavy atom. The van der Waals surface area contributed by atoms with Gasteiger partial charge in [-0.25, -0.2) is 0 Å². The molecule has 0 saturated carbocycles. The summed E-state index contributed by atoms with van der Waals surface area (Å²) in [6, 6.07) is 12.8. The van der Waals surface area contributed by atoms with Crippen molar-refractivity contribution >= 4 is 17.5 Å². The van der Waals surface area contributed by atoms with Crippen LogP contribution in [0.2, 0.25) is 5.02 Å². The average molecular weight is 275 g/mol. The first-order valence-corrected chi connectivity index (χ1v) is 6.47. The second kappa shape index (κ2) is 6.34. The molecule has 0 fully saturated rings. The molecule has 0 radical (unpaired) electrons. The topological polar surface area (TPSA) is 42.0 Å². The van der Waals surface area contributed by atoms with Crippen molar-refractivity contribution in [3.05, 3.63) is 64.9 Å². The molecule has 0 saturated heterocycles. The van der Waals surface area contributed by atoms with Gasteiger partial charge in [0.15, 0.2) is 0 Å². The average Bonchev–Trinajstić information content (AvgIpc) is 2.42. The molecule has 0 aliphatic carbocycles. The molecule has 2 rings (SSSR count). The first-order chi connectivity index (χ1) is 9.15. The Morgan fingerprint density at radius 1 is 1.26 bits per heavy atom. The zero-order valence-corrected chi connectivity index (χ0v) is 11.4. The third-order valence-electron chi connectivity index (χ3n) is 2.79. The Morgan fingerprint density at radius 3 is 2.63 bits per heavy atom. The Kier molecular flexibility index (Phi) is 4.53. The summed E-state index contributed by atoms with van der Waals surface area (Å²) in [4.78, 5) is 16.1.